The molecule has 11 heteroatoms. The van der Waals surface area contributed by atoms with Crippen LogP contribution in [0.2, 0.25) is 0 Å². The van der Waals surface area contributed by atoms with Gasteiger partial charge in [0.05, 0.1) is 0 Å². The Kier molecular flexibility index (Phi) is 6.10. The number of Topliss-reactive ketones (excluding diaryl/α,β-unsaturated/α-hetero) is 1. The number of amides is 3. The minimum Gasteiger partial charge on any atom is -0.456 e. The number of imide groups is 1. The van der Waals surface area contributed by atoms with E-state index >= 15 is 0 Å². The van der Waals surface area contributed by atoms with Crippen LogP contribution in [0.1, 0.15) is 42.0 Å². The number of urea groups is 1. The summed E-state index contributed by atoms with van der Waals surface area (Å²) in [7, 11) is 0. The van der Waals surface area contributed by atoms with E-state index in [0.29, 0.717) is 11.3 Å². The van der Waals surface area contributed by atoms with Gasteiger partial charge in [-0.2, -0.15) is 13.2 Å². The van der Waals surface area contributed by atoms with Crippen LogP contribution in [0, 0.1) is 13.8 Å². The van der Waals surface area contributed by atoms with Crippen molar-refractivity contribution in [2.24, 2.45) is 0 Å². The SMILES string of the molecule is CC[C@]1(C)NC(=O)N(CC(=O)OCC(=O)c2cc(C)n(CC(F)(F)F)c2C)C1=O. The van der Waals surface area contributed by atoms with Gasteiger partial charge in [0.25, 0.3) is 5.91 Å². The number of ketones is 1. The maximum absolute atomic E-state index is 12.7. The Balaban J connectivity index is 1.99. The molecule has 3 amide bonds. The summed E-state index contributed by atoms with van der Waals surface area (Å²) < 4.78 is 43.8. The van der Waals surface area contributed by atoms with Crippen molar-refractivity contribution in [3.05, 3.63) is 23.0 Å². The smallest absolute Gasteiger partial charge is 0.406 e. The summed E-state index contributed by atoms with van der Waals surface area (Å²) in [5.41, 5.74) is -0.752. The van der Waals surface area contributed by atoms with E-state index in [0.717, 1.165) is 4.57 Å². The number of halogens is 3. The predicted octanol–water partition coefficient (Wildman–Crippen LogP) is 2.11. The fourth-order valence-electron chi connectivity index (χ4n) is 3.03. The van der Waals surface area contributed by atoms with Crippen LogP contribution in [0.5, 0.6) is 0 Å². The van der Waals surface area contributed by atoms with Crippen LogP contribution in [-0.2, 0) is 20.9 Å². The zero-order valence-corrected chi connectivity index (χ0v) is 16.5. The lowest BCUT2D eigenvalue weighted by atomic mass is 9.99. The summed E-state index contributed by atoms with van der Waals surface area (Å²) in [6.07, 6.45) is -4.12. The molecule has 160 valence electrons. The summed E-state index contributed by atoms with van der Waals surface area (Å²) in [4.78, 5) is 49.1. The van der Waals surface area contributed by atoms with E-state index in [2.05, 4.69) is 5.32 Å². The number of esters is 1. The first-order valence-corrected chi connectivity index (χ1v) is 8.85. The van der Waals surface area contributed by atoms with Gasteiger partial charge in [0, 0.05) is 17.0 Å². The molecule has 0 unspecified atom stereocenters. The molecule has 0 bridgehead atoms. The molecule has 2 heterocycles. The molecule has 1 aromatic heterocycles. The molecule has 0 spiro atoms. The maximum Gasteiger partial charge on any atom is 0.406 e. The number of rotatable bonds is 7. The van der Waals surface area contributed by atoms with Crippen molar-refractivity contribution in [1.82, 2.24) is 14.8 Å². The van der Waals surface area contributed by atoms with E-state index in [4.69, 9.17) is 4.74 Å². The molecule has 0 radical (unpaired) electrons. The van der Waals surface area contributed by atoms with E-state index < -0.39 is 55.1 Å². The first-order chi connectivity index (χ1) is 13.3. The van der Waals surface area contributed by atoms with Gasteiger partial charge in [-0.1, -0.05) is 6.92 Å². The first kappa shape index (κ1) is 22.4. The molecule has 29 heavy (non-hydrogen) atoms. The molecule has 1 aliphatic rings. The van der Waals surface area contributed by atoms with Crippen molar-refractivity contribution in [1.29, 1.82) is 0 Å². The molecule has 1 saturated heterocycles. The molecule has 1 aromatic rings. The molecule has 0 aliphatic carbocycles. The van der Waals surface area contributed by atoms with Crippen molar-refractivity contribution >= 4 is 23.7 Å². The third-order valence-electron chi connectivity index (χ3n) is 4.92. The molecular formula is C18H22F3N3O5. The number of hydrogen-bond donors (Lipinski definition) is 1. The molecule has 1 fully saturated rings. The van der Waals surface area contributed by atoms with Gasteiger partial charge in [-0.25, -0.2) is 4.79 Å². The zero-order chi connectivity index (χ0) is 22.1. The van der Waals surface area contributed by atoms with Gasteiger partial charge in [-0.05, 0) is 33.3 Å². The van der Waals surface area contributed by atoms with E-state index in [1.54, 1.807) is 6.92 Å². The number of carbonyl (C=O) groups is 4. The van der Waals surface area contributed by atoms with Gasteiger partial charge in [0.15, 0.2) is 6.61 Å². The summed E-state index contributed by atoms with van der Waals surface area (Å²) in [5, 5.41) is 2.48. The standard InChI is InChI=1S/C18H22F3N3O5/c1-5-17(4)15(27)23(16(28)22-17)7-14(26)29-8-13(25)12-6-10(2)24(11(12)3)9-18(19,20)21/h6H,5,7-9H2,1-4H3,(H,22,28)/t17-/m0/s1. The van der Waals surface area contributed by atoms with Gasteiger partial charge < -0.3 is 14.6 Å². The largest absolute Gasteiger partial charge is 0.456 e. The first-order valence-electron chi connectivity index (χ1n) is 8.85. The fourth-order valence-corrected chi connectivity index (χ4v) is 3.03. The summed E-state index contributed by atoms with van der Waals surface area (Å²) in [5.74, 6) is -2.24. The third-order valence-corrected chi connectivity index (χ3v) is 4.92. The Bertz CT molecular complexity index is 862. The van der Waals surface area contributed by atoms with Gasteiger partial charge in [-0.15, -0.1) is 0 Å². The van der Waals surface area contributed by atoms with E-state index in [9.17, 15) is 32.3 Å². The number of nitrogens with zero attached hydrogens (tertiary/aromatic N) is 2. The lowest BCUT2D eigenvalue weighted by molar-refractivity contribution is -0.146. The second-order valence-electron chi connectivity index (χ2n) is 7.08. The highest BCUT2D eigenvalue weighted by molar-refractivity contribution is 6.08. The van der Waals surface area contributed by atoms with Gasteiger partial charge in [0.2, 0.25) is 5.78 Å². The number of carbonyl (C=O) groups excluding carboxylic acids is 4. The highest BCUT2D eigenvalue weighted by atomic mass is 19.4. The van der Waals surface area contributed by atoms with Crippen LogP contribution in [0.3, 0.4) is 0 Å². The molecule has 1 atom stereocenters. The Hall–Kier alpha value is -2.85. The van der Waals surface area contributed by atoms with Gasteiger partial charge >= 0.3 is 18.2 Å². The second-order valence-corrected chi connectivity index (χ2v) is 7.08. The fraction of sp³-hybridized carbons (Fsp3) is 0.556. The minimum atomic E-state index is -4.45. The number of aryl methyl sites for hydroxylation is 1. The summed E-state index contributed by atoms with van der Waals surface area (Å²) >= 11 is 0. The molecule has 8 nitrogen and oxygen atoms in total. The molecule has 1 aliphatic heterocycles. The lowest BCUT2D eigenvalue weighted by Gasteiger charge is -2.18. The Morgan fingerprint density at radius 1 is 1.24 bits per heavy atom. The number of hydrogen-bond acceptors (Lipinski definition) is 5. The highest BCUT2D eigenvalue weighted by Gasteiger charge is 2.47. The van der Waals surface area contributed by atoms with E-state index in [1.165, 1.54) is 26.8 Å². The van der Waals surface area contributed by atoms with Crippen LogP contribution in [-0.4, -0.2) is 58.0 Å². The minimum absolute atomic E-state index is 0.00750. The topological polar surface area (TPSA) is 97.7 Å². The monoisotopic (exact) mass is 417 g/mol. The van der Waals surface area contributed by atoms with Crippen molar-refractivity contribution < 1.29 is 37.1 Å². The molecule has 0 aromatic carbocycles. The Morgan fingerprint density at radius 2 is 1.86 bits per heavy atom. The van der Waals surface area contributed by atoms with Crippen LogP contribution in [0.15, 0.2) is 6.07 Å². The second kappa shape index (κ2) is 7.88. The number of ether oxygens (including phenoxy) is 1. The van der Waals surface area contributed by atoms with Crippen molar-refractivity contribution in [2.75, 3.05) is 13.2 Å². The van der Waals surface area contributed by atoms with Crippen molar-refractivity contribution in [3.8, 4) is 0 Å². The normalized spacial score (nSPS) is 19.5. The van der Waals surface area contributed by atoms with Crippen LogP contribution >= 0.6 is 0 Å². The maximum atomic E-state index is 12.7. The quantitative estimate of drug-likeness (QED) is 0.416. The van der Waals surface area contributed by atoms with Crippen molar-refractivity contribution in [2.45, 2.75) is 52.4 Å². The molecule has 1 N–H and O–H groups in total. The zero-order valence-electron chi connectivity index (χ0n) is 16.5. The lowest BCUT2D eigenvalue weighted by Crippen LogP contribution is -2.43. The van der Waals surface area contributed by atoms with Crippen LogP contribution in [0.4, 0.5) is 18.0 Å². The van der Waals surface area contributed by atoms with Gasteiger partial charge in [0.1, 0.15) is 18.6 Å². The number of nitrogens with one attached hydrogen (secondary N) is 1. The van der Waals surface area contributed by atoms with Gasteiger partial charge in [-0.3, -0.25) is 19.3 Å². The van der Waals surface area contributed by atoms with Crippen LogP contribution in [0.25, 0.3) is 0 Å². The third kappa shape index (κ3) is 4.77. The average Bonchev–Trinajstić information content (AvgIpc) is 3.01. The van der Waals surface area contributed by atoms with E-state index in [1.807, 2.05) is 0 Å². The highest BCUT2D eigenvalue weighted by Crippen LogP contribution is 2.24. The van der Waals surface area contributed by atoms with Crippen molar-refractivity contribution in [3.63, 3.8) is 0 Å². The Morgan fingerprint density at radius 3 is 2.38 bits per heavy atom. The summed E-state index contributed by atoms with van der Waals surface area (Å²) in [6.45, 7) is 3.41. The molecule has 2 rings (SSSR count). The summed E-state index contributed by atoms with van der Waals surface area (Å²) in [6, 6.07) is 0.555. The molecule has 0 saturated carbocycles. The van der Waals surface area contributed by atoms with Crippen LogP contribution < -0.4 is 5.32 Å². The number of alkyl halides is 3. The average molecular weight is 417 g/mol. The predicted molar refractivity (Wildman–Crippen MR) is 94.2 cm³/mol. The molecular weight excluding hydrogens is 395 g/mol. The Labute approximate surface area is 165 Å². The number of aromatic nitrogens is 1. The van der Waals surface area contributed by atoms with E-state index in [-0.39, 0.29) is 17.0 Å².